The molecule has 128 valence electrons. The second-order valence-corrected chi connectivity index (χ2v) is 4.70. The average molecular weight is 324 g/mol. The maximum absolute atomic E-state index is 11.6. The van der Waals surface area contributed by atoms with Crippen molar-refractivity contribution in [2.75, 3.05) is 39.6 Å². The summed E-state index contributed by atoms with van der Waals surface area (Å²) in [6, 6.07) is 8.80. The maximum atomic E-state index is 11.6. The van der Waals surface area contributed by atoms with Crippen LogP contribution in [0.4, 0.5) is 0 Å². The Kier molecular flexibility index (Phi) is 10.5. The summed E-state index contributed by atoms with van der Waals surface area (Å²) in [4.78, 5) is 22.7. The molecule has 1 rings (SSSR count). The Morgan fingerprint density at radius 2 is 1.39 bits per heavy atom. The molecule has 0 N–H and O–H groups in total. The van der Waals surface area contributed by atoms with Gasteiger partial charge in [0.05, 0.1) is 32.0 Å². The van der Waals surface area contributed by atoms with Crippen molar-refractivity contribution in [3.63, 3.8) is 0 Å². The highest BCUT2D eigenvalue weighted by Gasteiger charge is 2.05. The van der Waals surface area contributed by atoms with Gasteiger partial charge in [0.15, 0.2) is 0 Å². The molecule has 0 heterocycles. The molecule has 0 saturated carbocycles. The molecule has 23 heavy (non-hydrogen) atoms. The summed E-state index contributed by atoms with van der Waals surface area (Å²) in [7, 11) is 0. The van der Waals surface area contributed by atoms with Crippen LogP contribution in [0.2, 0.25) is 0 Å². The van der Waals surface area contributed by atoms with E-state index in [2.05, 4.69) is 0 Å². The van der Waals surface area contributed by atoms with E-state index < -0.39 is 0 Å². The molecular weight excluding hydrogens is 300 g/mol. The highest BCUT2D eigenvalue weighted by atomic mass is 16.6. The second kappa shape index (κ2) is 12.6. The van der Waals surface area contributed by atoms with E-state index in [-0.39, 0.29) is 25.2 Å². The normalized spacial score (nSPS) is 10.3. The smallest absolute Gasteiger partial charge is 0.338 e. The molecule has 0 aliphatic heterocycles. The third kappa shape index (κ3) is 9.65. The van der Waals surface area contributed by atoms with Crippen LogP contribution in [0, 0.1) is 0 Å². The van der Waals surface area contributed by atoms with Gasteiger partial charge >= 0.3 is 11.9 Å². The molecule has 0 saturated heterocycles. The van der Waals surface area contributed by atoms with Gasteiger partial charge in [-0.15, -0.1) is 0 Å². The maximum Gasteiger partial charge on any atom is 0.338 e. The molecule has 0 radical (unpaired) electrons. The SMILES string of the molecule is CCCC(=O)OCCOCCOCCOC(=O)c1ccccc1. The van der Waals surface area contributed by atoms with Crippen LogP contribution in [-0.4, -0.2) is 51.6 Å². The van der Waals surface area contributed by atoms with Crippen LogP contribution in [0.25, 0.3) is 0 Å². The standard InChI is InChI=1S/C17H24O6/c1-2-6-16(18)22-13-11-20-9-10-21-12-14-23-17(19)15-7-4-3-5-8-15/h3-5,7-8H,2,6,9-14H2,1H3. The zero-order chi connectivity index (χ0) is 16.8. The van der Waals surface area contributed by atoms with E-state index in [0.29, 0.717) is 38.4 Å². The number of rotatable bonds is 12. The molecule has 0 aromatic heterocycles. The Labute approximate surface area is 136 Å². The van der Waals surface area contributed by atoms with Gasteiger partial charge in [-0.25, -0.2) is 4.79 Å². The van der Waals surface area contributed by atoms with Crippen molar-refractivity contribution in [3.05, 3.63) is 35.9 Å². The first-order valence-electron chi connectivity index (χ1n) is 7.77. The van der Waals surface area contributed by atoms with Crippen molar-refractivity contribution < 1.29 is 28.5 Å². The third-order valence-electron chi connectivity index (χ3n) is 2.79. The van der Waals surface area contributed by atoms with Crippen LogP contribution < -0.4 is 0 Å². The molecule has 0 aliphatic rings. The number of hydrogen-bond donors (Lipinski definition) is 0. The predicted molar refractivity (Wildman–Crippen MR) is 84.2 cm³/mol. The van der Waals surface area contributed by atoms with E-state index in [1.165, 1.54) is 0 Å². The fraction of sp³-hybridized carbons (Fsp3) is 0.529. The molecule has 0 unspecified atom stereocenters. The minimum absolute atomic E-state index is 0.197. The fourth-order valence-electron chi connectivity index (χ4n) is 1.66. The Morgan fingerprint density at radius 1 is 0.826 bits per heavy atom. The van der Waals surface area contributed by atoms with Crippen molar-refractivity contribution in [3.8, 4) is 0 Å². The Balaban J connectivity index is 1.88. The van der Waals surface area contributed by atoms with Crippen molar-refractivity contribution in [1.82, 2.24) is 0 Å². The molecule has 6 nitrogen and oxygen atoms in total. The summed E-state index contributed by atoms with van der Waals surface area (Å²) < 4.78 is 20.5. The van der Waals surface area contributed by atoms with Crippen LogP contribution >= 0.6 is 0 Å². The highest BCUT2D eigenvalue weighted by Crippen LogP contribution is 2.00. The molecule has 1 aromatic rings. The van der Waals surface area contributed by atoms with Crippen molar-refractivity contribution in [1.29, 1.82) is 0 Å². The van der Waals surface area contributed by atoms with Gasteiger partial charge in [-0.3, -0.25) is 4.79 Å². The number of esters is 2. The van der Waals surface area contributed by atoms with Gasteiger partial charge < -0.3 is 18.9 Å². The summed E-state index contributed by atoms with van der Waals surface area (Å²) in [5.74, 6) is -0.563. The zero-order valence-electron chi connectivity index (χ0n) is 13.5. The number of benzene rings is 1. The van der Waals surface area contributed by atoms with Crippen LogP contribution in [0.1, 0.15) is 30.1 Å². The third-order valence-corrected chi connectivity index (χ3v) is 2.79. The van der Waals surface area contributed by atoms with Crippen molar-refractivity contribution in [2.24, 2.45) is 0 Å². The van der Waals surface area contributed by atoms with Crippen LogP contribution in [0.5, 0.6) is 0 Å². The summed E-state index contributed by atoms with van der Waals surface area (Å²) in [6.45, 7) is 3.83. The van der Waals surface area contributed by atoms with Crippen LogP contribution in [0.3, 0.4) is 0 Å². The van der Waals surface area contributed by atoms with E-state index in [0.717, 1.165) is 6.42 Å². The number of carbonyl (C=O) groups excluding carboxylic acids is 2. The van der Waals surface area contributed by atoms with Gasteiger partial charge in [0.2, 0.25) is 0 Å². The molecule has 0 bridgehead atoms. The molecule has 0 amide bonds. The Morgan fingerprint density at radius 3 is 2.00 bits per heavy atom. The van der Waals surface area contributed by atoms with E-state index in [9.17, 15) is 9.59 Å². The topological polar surface area (TPSA) is 71.1 Å². The molecule has 0 aliphatic carbocycles. The Hall–Kier alpha value is -1.92. The zero-order valence-corrected chi connectivity index (χ0v) is 13.5. The summed E-state index contributed by atoms with van der Waals surface area (Å²) in [5.41, 5.74) is 0.522. The first-order valence-corrected chi connectivity index (χ1v) is 7.77. The first-order chi connectivity index (χ1) is 11.2. The lowest BCUT2D eigenvalue weighted by atomic mass is 10.2. The number of carbonyl (C=O) groups is 2. The quantitative estimate of drug-likeness (QED) is 0.434. The monoisotopic (exact) mass is 324 g/mol. The van der Waals surface area contributed by atoms with Gasteiger partial charge in [-0.2, -0.15) is 0 Å². The minimum atomic E-state index is -0.362. The molecular formula is C17H24O6. The van der Waals surface area contributed by atoms with Gasteiger partial charge in [0.1, 0.15) is 13.2 Å². The van der Waals surface area contributed by atoms with Gasteiger partial charge in [0.25, 0.3) is 0 Å². The lowest BCUT2D eigenvalue weighted by Gasteiger charge is -2.07. The predicted octanol–water partition coefficient (Wildman–Crippen LogP) is 2.22. The van der Waals surface area contributed by atoms with Crippen molar-refractivity contribution in [2.45, 2.75) is 19.8 Å². The first kappa shape index (κ1) is 19.1. The largest absolute Gasteiger partial charge is 0.463 e. The highest BCUT2D eigenvalue weighted by molar-refractivity contribution is 5.89. The van der Waals surface area contributed by atoms with E-state index in [4.69, 9.17) is 18.9 Å². The minimum Gasteiger partial charge on any atom is -0.463 e. The summed E-state index contributed by atoms with van der Waals surface area (Å²) in [5, 5.41) is 0. The summed E-state index contributed by atoms with van der Waals surface area (Å²) >= 11 is 0. The van der Waals surface area contributed by atoms with E-state index in [1.807, 2.05) is 13.0 Å². The molecule has 0 fully saturated rings. The van der Waals surface area contributed by atoms with Crippen molar-refractivity contribution >= 4 is 11.9 Å². The van der Waals surface area contributed by atoms with Gasteiger partial charge in [-0.1, -0.05) is 25.1 Å². The Bertz CT molecular complexity index is 446. The lowest BCUT2D eigenvalue weighted by molar-refractivity contribution is -0.145. The second-order valence-electron chi connectivity index (χ2n) is 4.70. The number of ether oxygens (including phenoxy) is 4. The fourth-order valence-corrected chi connectivity index (χ4v) is 1.66. The van der Waals surface area contributed by atoms with Gasteiger partial charge in [-0.05, 0) is 18.6 Å². The molecule has 0 atom stereocenters. The van der Waals surface area contributed by atoms with E-state index >= 15 is 0 Å². The van der Waals surface area contributed by atoms with Crippen LogP contribution in [-0.2, 0) is 23.7 Å². The molecule has 0 spiro atoms. The molecule has 1 aromatic carbocycles. The average Bonchev–Trinajstić information content (AvgIpc) is 2.57. The summed E-state index contributed by atoms with van der Waals surface area (Å²) in [6.07, 6.45) is 1.22. The van der Waals surface area contributed by atoms with Gasteiger partial charge in [0, 0.05) is 6.42 Å². The molecule has 6 heteroatoms. The van der Waals surface area contributed by atoms with Crippen LogP contribution in [0.15, 0.2) is 30.3 Å². The number of hydrogen-bond acceptors (Lipinski definition) is 6. The lowest BCUT2D eigenvalue weighted by Crippen LogP contribution is -2.15. The van der Waals surface area contributed by atoms with E-state index in [1.54, 1.807) is 24.3 Å².